The SMILES string of the molecule is CCCCCCC(N)c1ccc2c(c1)CC(C)(C)O2. The molecule has 0 spiro atoms. The molecule has 1 atom stereocenters. The van der Waals surface area contributed by atoms with Crippen LogP contribution >= 0.6 is 0 Å². The Hall–Kier alpha value is -1.02. The van der Waals surface area contributed by atoms with Crippen LogP contribution in [0, 0.1) is 0 Å². The Morgan fingerprint density at radius 1 is 1.26 bits per heavy atom. The number of benzene rings is 1. The zero-order valence-corrected chi connectivity index (χ0v) is 12.5. The van der Waals surface area contributed by atoms with Crippen LogP contribution in [0.4, 0.5) is 0 Å². The van der Waals surface area contributed by atoms with Gasteiger partial charge in [0.15, 0.2) is 0 Å². The number of unbranched alkanes of at least 4 members (excludes halogenated alkanes) is 3. The van der Waals surface area contributed by atoms with Crippen molar-refractivity contribution < 1.29 is 4.74 Å². The molecule has 0 fully saturated rings. The van der Waals surface area contributed by atoms with Crippen molar-refractivity contribution >= 4 is 0 Å². The quantitative estimate of drug-likeness (QED) is 0.772. The van der Waals surface area contributed by atoms with Crippen molar-refractivity contribution in [2.24, 2.45) is 5.73 Å². The summed E-state index contributed by atoms with van der Waals surface area (Å²) in [5.41, 5.74) is 8.81. The van der Waals surface area contributed by atoms with E-state index < -0.39 is 0 Å². The van der Waals surface area contributed by atoms with Crippen LogP contribution in [0.2, 0.25) is 0 Å². The molecule has 106 valence electrons. The van der Waals surface area contributed by atoms with Gasteiger partial charge in [-0.2, -0.15) is 0 Å². The number of ether oxygens (including phenoxy) is 1. The monoisotopic (exact) mass is 261 g/mol. The average molecular weight is 261 g/mol. The van der Waals surface area contributed by atoms with Crippen molar-refractivity contribution in [3.63, 3.8) is 0 Å². The van der Waals surface area contributed by atoms with Gasteiger partial charge in [0.2, 0.25) is 0 Å². The van der Waals surface area contributed by atoms with Gasteiger partial charge in [-0.05, 0) is 37.5 Å². The predicted molar refractivity (Wildman–Crippen MR) is 80.5 cm³/mol. The molecule has 2 N–H and O–H groups in total. The van der Waals surface area contributed by atoms with Crippen LogP contribution < -0.4 is 10.5 Å². The fourth-order valence-corrected chi connectivity index (χ4v) is 2.82. The molecule has 0 saturated carbocycles. The zero-order chi connectivity index (χ0) is 13.9. The van der Waals surface area contributed by atoms with Crippen molar-refractivity contribution in [3.8, 4) is 5.75 Å². The van der Waals surface area contributed by atoms with Gasteiger partial charge in [-0.3, -0.25) is 0 Å². The maximum Gasteiger partial charge on any atom is 0.123 e. The Kier molecular flexibility index (Phi) is 4.51. The third-order valence-corrected chi connectivity index (χ3v) is 3.88. The molecule has 0 aromatic heterocycles. The average Bonchev–Trinajstić information content (AvgIpc) is 2.67. The van der Waals surface area contributed by atoms with E-state index in [2.05, 4.69) is 39.0 Å². The molecule has 1 aliphatic rings. The number of nitrogens with two attached hydrogens (primary N) is 1. The minimum Gasteiger partial charge on any atom is -0.487 e. The second-order valence-electron chi connectivity index (χ2n) is 6.36. The normalized spacial score (nSPS) is 17.9. The first-order valence-corrected chi connectivity index (χ1v) is 7.59. The van der Waals surface area contributed by atoms with Crippen LogP contribution in [0.1, 0.15) is 70.0 Å². The van der Waals surface area contributed by atoms with Crippen molar-refractivity contribution in [3.05, 3.63) is 29.3 Å². The lowest BCUT2D eigenvalue weighted by atomic mass is 9.96. The zero-order valence-electron chi connectivity index (χ0n) is 12.5. The molecular formula is C17H27NO. The smallest absolute Gasteiger partial charge is 0.123 e. The summed E-state index contributed by atoms with van der Waals surface area (Å²) >= 11 is 0. The lowest BCUT2D eigenvalue weighted by molar-refractivity contribution is 0.138. The highest BCUT2D eigenvalue weighted by molar-refractivity contribution is 5.42. The van der Waals surface area contributed by atoms with Crippen LogP contribution in [-0.4, -0.2) is 5.60 Å². The van der Waals surface area contributed by atoms with Gasteiger partial charge in [-0.25, -0.2) is 0 Å². The maximum absolute atomic E-state index is 6.30. The number of hydrogen-bond donors (Lipinski definition) is 1. The lowest BCUT2D eigenvalue weighted by Crippen LogP contribution is -2.24. The number of hydrogen-bond acceptors (Lipinski definition) is 2. The lowest BCUT2D eigenvalue weighted by Gasteiger charge is -2.16. The summed E-state index contributed by atoms with van der Waals surface area (Å²) in [6, 6.07) is 6.64. The molecule has 1 aromatic rings. The summed E-state index contributed by atoms with van der Waals surface area (Å²) < 4.78 is 5.90. The van der Waals surface area contributed by atoms with E-state index in [1.807, 2.05) is 0 Å². The Morgan fingerprint density at radius 3 is 2.79 bits per heavy atom. The number of rotatable bonds is 6. The van der Waals surface area contributed by atoms with Gasteiger partial charge >= 0.3 is 0 Å². The van der Waals surface area contributed by atoms with E-state index in [4.69, 9.17) is 10.5 Å². The van der Waals surface area contributed by atoms with E-state index in [0.29, 0.717) is 0 Å². The highest BCUT2D eigenvalue weighted by Gasteiger charge is 2.30. The Morgan fingerprint density at radius 2 is 2.05 bits per heavy atom. The summed E-state index contributed by atoms with van der Waals surface area (Å²) in [7, 11) is 0. The Balaban J connectivity index is 1.95. The van der Waals surface area contributed by atoms with E-state index >= 15 is 0 Å². The molecule has 0 bridgehead atoms. The van der Waals surface area contributed by atoms with Gasteiger partial charge in [-0.1, -0.05) is 44.7 Å². The summed E-state index contributed by atoms with van der Waals surface area (Å²) in [6.45, 7) is 6.51. The molecule has 2 nitrogen and oxygen atoms in total. The van der Waals surface area contributed by atoms with Gasteiger partial charge in [0.1, 0.15) is 11.4 Å². The third-order valence-electron chi connectivity index (χ3n) is 3.88. The highest BCUT2D eigenvalue weighted by Crippen LogP contribution is 2.36. The molecule has 0 amide bonds. The van der Waals surface area contributed by atoms with Crippen LogP contribution in [0.15, 0.2) is 18.2 Å². The topological polar surface area (TPSA) is 35.2 Å². The molecule has 1 aliphatic heterocycles. The summed E-state index contributed by atoms with van der Waals surface area (Å²) in [5.74, 6) is 1.03. The van der Waals surface area contributed by atoms with Gasteiger partial charge in [0, 0.05) is 12.5 Å². The Labute approximate surface area is 117 Å². The second kappa shape index (κ2) is 5.96. The van der Waals surface area contributed by atoms with E-state index in [0.717, 1.165) is 18.6 Å². The molecule has 1 heterocycles. The van der Waals surface area contributed by atoms with Crippen molar-refractivity contribution in [2.75, 3.05) is 0 Å². The molecule has 0 saturated heterocycles. The minimum atomic E-state index is -0.0633. The second-order valence-corrected chi connectivity index (χ2v) is 6.36. The first-order valence-electron chi connectivity index (χ1n) is 7.59. The first-order chi connectivity index (χ1) is 9.02. The fraction of sp³-hybridized carbons (Fsp3) is 0.647. The van der Waals surface area contributed by atoms with E-state index in [1.54, 1.807) is 0 Å². The molecule has 1 unspecified atom stereocenters. The van der Waals surface area contributed by atoms with Crippen molar-refractivity contribution in [2.45, 2.75) is 70.9 Å². The molecule has 1 aromatic carbocycles. The van der Waals surface area contributed by atoms with Gasteiger partial charge in [-0.15, -0.1) is 0 Å². The van der Waals surface area contributed by atoms with Crippen LogP contribution in [-0.2, 0) is 6.42 Å². The first kappa shape index (κ1) is 14.4. The highest BCUT2D eigenvalue weighted by atomic mass is 16.5. The van der Waals surface area contributed by atoms with Crippen LogP contribution in [0.5, 0.6) is 5.75 Å². The largest absolute Gasteiger partial charge is 0.487 e. The van der Waals surface area contributed by atoms with Gasteiger partial charge < -0.3 is 10.5 Å². The summed E-state index contributed by atoms with van der Waals surface area (Å²) in [6.07, 6.45) is 7.20. The molecule has 19 heavy (non-hydrogen) atoms. The molecule has 0 radical (unpaired) electrons. The van der Waals surface area contributed by atoms with E-state index in [1.165, 1.54) is 36.8 Å². The van der Waals surface area contributed by atoms with Crippen molar-refractivity contribution in [1.29, 1.82) is 0 Å². The molecule has 2 heteroatoms. The predicted octanol–water partition coefficient (Wildman–Crippen LogP) is 4.37. The third kappa shape index (κ3) is 3.73. The summed E-state index contributed by atoms with van der Waals surface area (Å²) in [4.78, 5) is 0. The van der Waals surface area contributed by atoms with Gasteiger partial charge in [0.05, 0.1) is 0 Å². The summed E-state index contributed by atoms with van der Waals surface area (Å²) in [5, 5.41) is 0. The maximum atomic E-state index is 6.30. The fourth-order valence-electron chi connectivity index (χ4n) is 2.82. The molecule has 2 rings (SSSR count). The van der Waals surface area contributed by atoms with E-state index in [9.17, 15) is 0 Å². The van der Waals surface area contributed by atoms with Crippen LogP contribution in [0.3, 0.4) is 0 Å². The standard InChI is InChI=1S/C17H27NO/c1-4-5-6-7-8-15(18)13-9-10-16-14(11-13)12-17(2,3)19-16/h9-11,15H,4-8,12,18H2,1-3H3. The Bertz CT molecular complexity index is 425. The number of fused-ring (bicyclic) bond motifs is 1. The minimum absolute atomic E-state index is 0.0633. The van der Waals surface area contributed by atoms with Crippen LogP contribution in [0.25, 0.3) is 0 Å². The van der Waals surface area contributed by atoms with Crippen molar-refractivity contribution in [1.82, 2.24) is 0 Å². The molecular weight excluding hydrogens is 234 g/mol. The van der Waals surface area contributed by atoms with E-state index in [-0.39, 0.29) is 11.6 Å². The molecule has 0 aliphatic carbocycles. The van der Waals surface area contributed by atoms with Gasteiger partial charge in [0.25, 0.3) is 0 Å².